The smallest absolute Gasteiger partial charge is 0.493 e. The first-order chi connectivity index (χ1) is 19.2. The minimum absolute atomic E-state index is 0.0607. The summed E-state index contributed by atoms with van der Waals surface area (Å²) in [5.74, 6) is 0.869. The van der Waals surface area contributed by atoms with Crippen molar-refractivity contribution in [1.29, 1.82) is 0 Å². The first-order valence-corrected chi connectivity index (χ1v) is 13.5. The second kappa shape index (κ2) is 12.6. The monoisotopic (exact) mass is 571 g/mol. The Morgan fingerprint density at radius 1 is 1.10 bits per heavy atom. The van der Waals surface area contributed by atoms with Gasteiger partial charge in [0.25, 0.3) is 5.91 Å². The van der Waals surface area contributed by atoms with Crippen molar-refractivity contribution >= 4 is 23.8 Å². The van der Waals surface area contributed by atoms with Gasteiger partial charge in [0.15, 0.2) is 11.5 Å². The van der Waals surface area contributed by atoms with Crippen molar-refractivity contribution in [2.24, 2.45) is 0 Å². The number of benzene rings is 2. The number of methoxy groups -OCH3 is 1. The van der Waals surface area contributed by atoms with Crippen molar-refractivity contribution in [1.82, 2.24) is 9.80 Å². The summed E-state index contributed by atoms with van der Waals surface area (Å²) < 4.78 is 21.9. The zero-order valence-electron chi connectivity index (χ0n) is 24.9. The van der Waals surface area contributed by atoms with E-state index in [9.17, 15) is 19.5 Å². The molecule has 0 saturated heterocycles. The number of hydrogen-bond acceptors (Lipinski definition) is 8. The molecule has 1 aliphatic rings. The van der Waals surface area contributed by atoms with Gasteiger partial charge in [0.2, 0.25) is 0 Å². The van der Waals surface area contributed by atoms with Gasteiger partial charge >= 0.3 is 12.2 Å². The Kier molecular flexibility index (Phi) is 9.62. The number of rotatable bonds is 11. The fraction of sp³-hybridized carbons (Fsp3) is 0.500. The van der Waals surface area contributed by atoms with Crippen LogP contribution in [0.25, 0.3) is 0 Å². The lowest BCUT2D eigenvalue weighted by Crippen LogP contribution is -2.47. The predicted molar refractivity (Wildman–Crippen MR) is 153 cm³/mol. The number of fused-ring (bicyclic) bond motifs is 1. The van der Waals surface area contributed by atoms with Crippen LogP contribution in [0.3, 0.4) is 0 Å². The first kappa shape index (κ1) is 31.4. The molecule has 2 amide bonds. The zero-order chi connectivity index (χ0) is 30.5. The Labute approximate surface area is 241 Å². The summed E-state index contributed by atoms with van der Waals surface area (Å²) in [6.07, 6.45) is -1.76. The Balaban J connectivity index is 2.00. The quantitative estimate of drug-likeness (QED) is 0.265. The van der Waals surface area contributed by atoms with Crippen LogP contribution in [0.5, 0.6) is 11.5 Å². The van der Waals surface area contributed by atoms with E-state index in [1.165, 1.54) is 4.90 Å². The molecule has 1 heterocycles. The van der Waals surface area contributed by atoms with Crippen LogP contribution < -0.4 is 15.2 Å². The number of amides is 2. The number of nitrogens with two attached hydrogens (primary N) is 1. The van der Waals surface area contributed by atoms with E-state index in [0.29, 0.717) is 42.3 Å². The second-order valence-corrected chi connectivity index (χ2v) is 11.5. The van der Waals surface area contributed by atoms with Gasteiger partial charge in [-0.3, -0.25) is 4.79 Å². The molecule has 0 spiro atoms. The minimum atomic E-state index is -1.45. The average Bonchev–Trinajstić information content (AvgIpc) is 3.19. The van der Waals surface area contributed by atoms with E-state index in [1.54, 1.807) is 58.8 Å². The SMILES string of the molecule is CCOc1cc([C@@H](CCN(CC(C)(C)OC(=O)O)C(=O)OC(C)(C)C)N2Cc3cccc(N)c3C2=O)ccc1OC. The predicted octanol–water partition coefficient (Wildman–Crippen LogP) is 5.47. The zero-order valence-corrected chi connectivity index (χ0v) is 24.9. The van der Waals surface area contributed by atoms with E-state index in [1.807, 2.05) is 31.2 Å². The van der Waals surface area contributed by atoms with Crippen molar-refractivity contribution in [3.8, 4) is 11.5 Å². The van der Waals surface area contributed by atoms with Crippen molar-refractivity contribution in [2.75, 3.05) is 32.5 Å². The summed E-state index contributed by atoms with van der Waals surface area (Å²) in [7, 11) is 1.55. The Morgan fingerprint density at radius 2 is 1.80 bits per heavy atom. The van der Waals surface area contributed by atoms with E-state index < -0.39 is 29.5 Å². The molecule has 224 valence electrons. The van der Waals surface area contributed by atoms with Gasteiger partial charge in [-0.25, -0.2) is 9.59 Å². The molecule has 1 aliphatic heterocycles. The maximum Gasteiger partial charge on any atom is 0.506 e. The maximum absolute atomic E-state index is 13.7. The average molecular weight is 572 g/mol. The lowest BCUT2D eigenvalue weighted by Gasteiger charge is -2.35. The molecular formula is C30H41N3O8. The molecule has 0 bridgehead atoms. The van der Waals surface area contributed by atoms with Crippen molar-refractivity contribution in [2.45, 2.75) is 71.8 Å². The first-order valence-electron chi connectivity index (χ1n) is 13.5. The molecule has 0 aliphatic carbocycles. The number of anilines is 1. The molecule has 0 saturated carbocycles. The third-order valence-electron chi connectivity index (χ3n) is 6.51. The molecule has 0 fully saturated rings. The number of carbonyl (C=O) groups is 3. The van der Waals surface area contributed by atoms with Crippen LogP contribution in [0.4, 0.5) is 15.3 Å². The molecule has 41 heavy (non-hydrogen) atoms. The Hall–Kier alpha value is -4.15. The topological polar surface area (TPSA) is 141 Å². The molecule has 1 atom stereocenters. The highest BCUT2D eigenvalue weighted by Gasteiger charge is 2.37. The number of nitrogens with zero attached hydrogens (tertiary/aromatic N) is 2. The van der Waals surface area contributed by atoms with E-state index >= 15 is 0 Å². The Morgan fingerprint density at radius 3 is 2.39 bits per heavy atom. The van der Waals surface area contributed by atoms with Crippen LogP contribution in [-0.4, -0.2) is 71.1 Å². The van der Waals surface area contributed by atoms with Crippen molar-refractivity contribution in [3.63, 3.8) is 0 Å². The molecule has 11 heteroatoms. The largest absolute Gasteiger partial charge is 0.506 e. The lowest BCUT2D eigenvalue weighted by atomic mass is 10.00. The Bertz CT molecular complexity index is 1270. The third-order valence-corrected chi connectivity index (χ3v) is 6.51. The van der Waals surface area contributed by atoms with Gasteiger partial charge in [-0.1, -0.05) is 18.2 Å². The van der Waals surface area contributed by atoms with E-state index in [2.05, 4.69) is 0 Å². The number of hydrogen-bond donors (Lipinski definition) is 2. The van der Waals surface area contributed by atoms with Crippen LogP contribution in [0.2, 0.25) is 0 Å². The van der Waals surface area contributed by atoms with Crippen molar-refractivity contribution in [3.05, 3.63) is 53.1 Å². The summed E-state index contributed by atoms with van der Waals surface area (Å²) in [6, 6.07) is 10.4. The van der Waals surface area contributed by atoms with Gasteiger partial charge < -0.3 is 39.6 Å². The van der Waals surface area contributed by atoms with E-state index in [-0.39, 0.29) is 19.0 Å². The van der Waals surface area contributed by atoms with Gasteiger partial charge in [-0.05, 0) is 77.3 Å². The van der Waals surface area contributed by atoms with Crippen molar-refractivity contribution < 1.29 is 38.4 Å². The molecule has 2 aromatic carbocycles. The van der Waals surface area contributed by atoms with E-state index in [4.69, 9.17) is 24.7 Å². The summed E-state index contributed by atoms with van der Waals surface area (Å²) in [6.45, 7) is 11.1. The van der Waals surface area contributed by atoms with Gasteiger partial charge in [0.1, 0.15) is 11.2 Å². The normalized spacial score (nSPS) is 13.8. The molecule has 11 nitrogen and oxygen atoms in total. The molecule has 3 rings (SSSR count). The standard InChI is InChI=1S/C30H41N3O8/c1-8-39-24-16-19(12-13-23(24)38-7)22(33-17-20-10-9-11-21(31)25(20)26(33)34)14-15-32(27(35)40-29(2,3)4)18-30(5,6)41-28(36)37/h9-13,16,22H,8,14-15,17-18,31H2,1-7H3,(H,36,37)/t22-/m1/s1. The fourth-order valence-electron chi connectivity index (χ4n) is 4.90. The van der Waals surface area contributed by atoms with Gasteiger partial charge in [-0.2, -0.15) is 0 Å². The summed E-state index contributed by atoms with van der Waals surface area (Å²) >= 11 is 0. The molecule has 0 unspecified atom stereocenters. The highest BCUT2D eigenvalue weighted by molar-refractivity contribution is 6.03. The van der Waals surface area contributed by atoms with Crippen LogP contribution in [0.1, 0.15) is 75.5 Å². The molecule has 2 aromatic rings. The fourth-order valence-corrected chi connectivity index (χ4v) is 4.90. The van der Waals surface area contributed by atoms with E-state index in [0.717, 1.165) is 11.1 Å². The van der Waals surface area contributed by atoms with Crippen LogP contribution in [0.15, 0.2) is 36.4 Å². The van der Waals surface area contributed by atoms with Crippen LogP contribution in [-0.2, 0) is 16.0 Å². The summed E-state index contributed by atoms with van der Waals surface area (Å²) in [4.78, 5) is 41.4. The van der Waals surface area contributed by atoms with Crippen LogP contribution in [0, 0.1) is 0 Å². The molecule has 0 radical (unpaired) electrons. The number of nitrogen functional groups attached to an aromatic ring is 1. The maximum atomic E-state index is 13.7. The number of carbonyl (C=O) groups excluding carboxylic acids is 2. The third kappa shape index (κ3) is 7.96. The summed E-state index contributed by atoms with van der Waals surface area (Å²) in [5.41, 5.74) is 6.65. The molecule has 3 N–H and O–H groups in total. The van der Waals surface area contributed by atoms with Gasteiger partial charge in [-0.15, -0.1) is 0 Å². The highest BCUT2D eigenvalue weighted by Crippen LogP contribution is 2.39. The second-order valence-electron chi connectivity index (χ2n) is 11.5. The lowest BCUT2D eigenvalue weighted by molar-refractivity contribution is -0.0290. The molecular weight excluding hydrogens is 530 g/mol. The minimum Gasteiger partial charge on any atom is -0.493 e. The van der Waals surface area contributed by atoms with Gasteiger partial charge in [0.05, 0.1) is 31.9 Å². The van der Waals surface area contributed by atoms with Crippen LogP contribution >= 0.6 is 0 Å². The number of carboxylic acid groups (broad SMARTS) is 1. The molecule has 0 aromatic heterocycles. The van der Waals surface area contributed by atoms with Gasteiger partial charge in [0, 0.05) is 18.8 Å². The number of ether oxygens (including phenoxy) is 4. The summed E-state index contributed by atoms with van der Waals surface area (Å²) in [5, 5.41) is 9.21. The highest BCUT2D eigenvalue weighted by atomic mass is 16.7.